The summed E-state index contributed by atoms with van der Waals surface area (Å²) in [5.41, 5.74) is 6.66. The second kappa shape index (κ2) is 8.77. The van der Waals surface area contributed by atoms with E-state index in [2.05, 4.69) is 33.9 Å². The number of fused-ring (bicyclic) bond motifs is 1. The minimum absolute atomic E-state index is 0.118. The van der Waals surface area contributed by atoms with Gasteiger partial charge in [-0.25, -0.2) is 9.87 Å². The molecule has 7 heteroatoms. The molecular formula is C23H25FN4O2. The first-order chi connectivity index (χ1) is 14.5. The van der Waals surface area contributed by atoms with Crippen molar-refractivity contribution >= 4 is 22.9 Å². The number of carbonyl (C=O) groups excluding carboxylic acids is 1. The predicted octanol–water partition coefficient (Wildman–Crippen LogP) is 3.55. The molecule has 0 saturated carbocycles. The van der Waals surface area contributed by atoms with Crippen LogP contribution in [0, 0.1) is 6.92 Å². The van der Waals surface area contributed by atoms with Crippen molar-refractivity contribution in [3.8, 4) is 0 Å². The van der Waals surface area contributed by atoms with Gasteiger partial charge in [0.05, 0.1) is 5.69 Å². The van der Waals surface area contributed by atoms with Crippen molar-refractivity contribution in [1.82, 2.24) is 20.3 Å². The molecule has 1 aliphatic rings. The van der Waals surface area contributed by atoms with Gasteiger partial charge in [-0.2, -0.15) is 0 Å². The van der Waals surface area contributed by atoms with Gasteiger partial charge in [0, 0.05) is 48.0 Å². The highest BCUT2D eigenvalue weighted by Crippen LogP contribution is 2.30. The number of carbonyl (C=O) groups is 1. The topological polar surface area (TPSA) is 81.2 Å². The van der Waals surface area contributed by atoms with Crippen LogP contribution in [0.1, 0.15) is 28.9 Å². The SMILES string of the molecule is Cc1[nH]c2ccccc2c1CC1CC(F)CN1Cc1ccc(/C=C/C(=O)NO)cn1. The molecular weight excluding hydrogens is 383 g/mol. The second-order valence-corrected chi connectivity index (χ2v) is 7.79. The number of nitrogens with one attached hydrogen (secondary N) is 2. The number of halogens is 1. The van der Waals surface area contributed by atoms with E-state index in [0.29, 0.717) is 19.5 Å². The summed E-state index contributed by atoms with van der Waals surface area (Å²) in [5.74, 6) is -0.597. The number of hydrogen-bond donors (Lipinski definition) is 3. The van der Waals surface area contributed by atoms with E-state index >= 15 is 0 Å². The van der Waals surface area contributed by atoms with E-state index in [1.807, 2.05) is 24.3 Å². The number of nitrogens with zero attached hydrogens (tertiary/aromatic N) is 2. The molecule has 4 rings (SSSR count). The van der Waals surface area contributed by atoms with E-state index in [4.69, 9.17) is 5.21 Å². The molecule has 2 unspecified atom stereocenters. The number of aromatic amines is 1. The molecule has 6 nitrogen and oxygen atoms in total. The Hall–Kier alpha value is -3.03. The third-order valence-corrected chi connectivity index (χ3v) is 5.69. The Morgan fingerprint density at radius 3 is 2.97 bits per heavy atom. The Balaban J connectivity index is 1.47. The lowest BCUT2D eigenvalue weighted by Crippen LogP contribution is -2.31. The number of pyridine rings is 1. The van der Waals surface area contributed by atoms with Crippen LogP contribution in [0.4, 0.5) is 4.39 Å². The first kappa shape index (κ1) is 20.3. The quantitative estimate of drug-likeness (QED) is 0.331. The van der Waals surface area contributed by atoms with Gasteiger partial charge in [0.15, 0.2) is 0 Å². The number of hydroxylamine groups is 1. The van der Waals surface area contributed by atoms with Crippen molar-refractivity contribution in [3.05, 3.63) is 71.2 Å². The molecule has 0 spiro atoms. The molecule has 1 amide bonds. The number of alkyl halides is 1. The standard InChI is InChI=1S/C23H25FN4O2/c1-15-21(20-4-2-3-5-22(20)26-15)11-19-10-17(24)13-28(19)14-18-8-6-16(12-25-18)7-9-23(29)27-30/h2-9,12,17,19,26,30H,10-11,13-14H2,1H3,(H,27,29)/b9-7+. The fourth-order valence-corrected chi connectivity index (χ4v) is 4.21. The molecule has 0 radical (unpaired) electrons. The molecule has 0 aliphatic carbocycles. The number of amides is 1. The summed E-state index contributed by atoms with van der Waals surface area (Å²) in [4.78, 5) is 21.1. The number of benzene rings is 1. The maximum absolute atomic E-state index is 14.3. The van der Waals surface area contributed by atoms with Crippen LogP contribution in [0.15, 0.2) is 48.7 Å². The Morgan fingerprint density at radius 2 is 2.20 bits per heavy atom. The molecule has 30 heavy (non-hydrogen) atoms. The highest BCUT2D eigenvalue weighted by Gasteiger charge is 2.33. The number of para-hydroxylation sites is 1. The minimum atomic E-state index is -0.834. The predicted molar refractivity (Wildman–Crippen MR) is 114 cm³/mol. The normalized spacial score (nSPS) is 19.7. The average Bonchev–Trinajstić information content (AvgIpc) is 3.26. The van der Waals surface area contributed by atoms with E-state index in [-0.39, 0.29) is 6.04 Å². The van der Waals surface area contributed by atoms with E-state index in [9.17, 15) is 9.18 Å². The maximum atomic E-state index is 14.3. The third-order valence-electron chi connectivity index (χ3n) is 5.69. The van der Waals surface area contributed by atoms with Crippen molar-refractivity contribution in [1.29, 1.82) is 0 Å². The first-order valence-electron chi connectivity index (χ1n) is 10.0. The Kier molecular flexibility index (Phi) is 5.92. The molecule has 2 aromatic heterocycles. The summed E-state index contributed by atoms with van der Waals surface area (Å²) in [7, 11) is 0. The van der Waals surface area contributed by atoms with Gasteiger partial charge < -0.3 is 4.98 Å². The molecule has 0 bridgehead atoms. The summed E-state index contributed by atoms with van der Waals surface area (Å²) in [6.45, 7) is 3.06. The molecule has 3 heterocycles. The summed E-state index contributed by atoms with van der Waals surface area (Å²) < 4.78 is 14.3. The maximum Gasteiger partial charge on any atom is 0.267 e. The number of aryl methyl sites for hydroxylation is 1. The molecule has 1 saturated heterocycles. The van der Waals surface area contributed by atoms with Crippen LogP contribution in [-0.4, -0.2) is 44.7 Å². The van der Waals surface area contributed by atoms with Crippen LogP contribution in [0.3, 0.4) is 0 Å². The molecule has 3 aromatic rings. The van der Waals surface area contributed by atoms with Crippen molar-refractivity contribution in [2.75, 3.05) is 6.54 Å². The van der Waals surface area contributed by atoms with E-state index < -0.39 is 12.1 Å². The second-order valence-electron chi connectivity index (χ2n) is 7.79. The van der Waals surface area contributed by atoms with Gasteiger partial charge in [-0.05, 0) is 49.1 Å². The smallest absolute Gasteiger partial charge is 0.267 e. The van der Waals surface area contributed by atoms with Gasteiger partial charge in [-0.1, -0.05) is 24.3 Å². The van der Waals surface area contributed by atoms with Crippen molar-refractivity contribution in [2.24, 2.45) is 0 Å². The zero-order valence-electron chi connectivity index (χ0n) is 16.8. The van der Waals surface area contributed by atoms with Gasteiger partial charge in [0.2, 0.25) is 0 Å². The Bertz CT molecular complexity index is 1060. The van der Waals surface area contributed by atoms with Crippen LogP contribution in [-0.2, 0) is 17.8 Å². The van der Waals surface area contributed by atoms with Crippen molar-refractivity contribution < 1.29 is 14.4 Å². The van der Waals surface area contributed by atoms with E-state index in [1.165, 1.54) is 17.0 Å². The van der Waals surface area contributed by atoms with Gasteiger partial charge in [0.1, 0.15) is 6.17 Å². The third kappa shape index (κ3) is 4.42. The highest BCUT2D eigenvalue weighted by molar-refractivity contribution is 5.90. The zero-order valence-corrected chi connectivity index (χ0v) is 16.8. The lowest BCUT2D eigenvalue weighted by Gasteiger charge is -2.24. The van der Waals surface area contributed by atoms with Crippen LogP contribution < -0.4 is 5.48 Å². The Labute approximate surface area is 174 Å². The molecule has 1 aromatic carbocycles. The van der Waals surface area contributed by atoms with Crippen molar-refractivity contribution in [2.45, 2.75) is 38.5 Å². The molecule has 1 aliphatic heterocycles. The van der Waals surface area contributed by atoms with Gasteiger partial charge >= 0.3 is 0 Å². The largest absolute Gasteiger partial charge is 0.358 e. The van der Waals surface area contributed by atoms with Crippen LogP contribution >= 0.6 is 0 Å². The van der Waals surface area contributed by atoms with Gasteiger partial charge in [0.25, 0.3) is 5.91 Å². The number of H-pyrrole nitrogens is 1. The summed E-state index contributed by atoms with van der Waals surface area (Å²) in [6.07, 6.45) is 4.95. The zero-order chi connectivity index (χ0) is 21.1. The number of hydrogen-bond acceptors (Lipinski definition) is 4. The molecule has 1 fully saturated rings. The fourth-order valence-electron chi connectivity index (χ4n) is 4.21. The number of likely N-dealkylation sites (tertiary alicyclic amines) is 1. The monoisotopic (exact) mass is 408 g/mol. The van der Waals surface area contributed by atoms with E-state index in [0.717, 1.165) is 28.9 Å². The lowest BCUT2D eigenvalue weighted by molar-refractivity contribution is -0.124. The van der Waals surface area contributed by atoms with Crippen LogP contribution in [0.25, 0.3) is 17.0 Å². The number of aromatic nitrogens is 2. The summed E-state index contributed by atoms with van der Waals surface area (Å²) >= 11 is 0. The van der Waals surface area contributed by atoms with Crippen LogP contribution in [0.5, 0.6) is 0 Å². The Morgan fingerprint density at radius 1 is 1.37 bits per heavy atom. The fraction of sp³-hybridized carbons (Fsp3) is 0.304. The lowest BCUT2D eigenvalue weighted by atomic mass is 10.0. The average molecular weight is 408 g/mol. The molecule has 2 atom stereocenters. The number of rotatable bonds is 6. The van der Waals surface area contributed by atoms with Crippen molar-refractivity contribution in [3.63, 3.8) is 0 Å². The van der Waals surface area contributed by atoms with Gasteiger partial charge in [-0.15, -0.1) is 0 Å². The first-order valence-corrected chi connectivity index (χ1v) is 10.0. The molecule has 156 valence electrons. The summed E-state index contributed by atoms with van der Waals surface area (Å²) in [5, 5.41) is 9.73. The minimum Gasteiger partial charge on any atom is -0.358 e. The highest BCUT2D eigenvalue weighted by atomic mass is 19.1. The molecule has 3 N–H and O–H groups in total. The van der Waals surface area contributed by atoms with E-state index in [1.54, 1.807) is 17.8 Å². The van der Waals surface area contributed by atoms with Crippen LogP contribution in [0.2, 0.25) is 0 Å². The summed E-state index contributed by atoms with van der Waals surface area (Å²) in [6, 6.07) is 12.1. The van der Waals surface area contributed by atoms with Gasteiger partial charge in [-0.3, -0.25) is 19.9 Å².